The lowest BCUT2D eigenvalue weighted by Crippen LogP contribution is -2.20. The minimum Gasteiger partial charge on any atom is -0.485 e. The molecule has 0 saturated heterocycles. The van der Waals surface area contributed by atoms with Gasteiger partial charge in [-0.3, -0.25) is 10.1 Å². The van der Waals surface area contributed by atoms with Gasteiger partial charge in [0, 0.05) is 12.5 Å². The Balaban J connectivity index is 2.76. The van der Waals surface area contributed by atoms with Crippen LogP contribution >= 0.6 is 0 Å². The molecule has 1 rings (SSSR count). The predicted octanol–water partition coefficient (Wildman–Crippen LogP) is 1.35. The second kappa shape index (κ2) is 5.77. The highest BCUT2D eigenvalue weighted by Gasteiger charge is 2.19. The van der Waals surface area contributed by atoms with E-state index in [2.05, 4.69) is 0 Å². The molecular weight excluding hydrogens is 229 g/mol. The summed E-state index contributed by atoms with van der Waals surface area (Å²) in [5.74, 6) is -1.24. The van der Waals surface area contributed by atoms with Crippen molar-refractivity contribution in [2.75, 3.05) is 6.61 Å². The summed E-state index contributed by atoms with van der Waals surface area (Å²) in [5, 5.41) is 19.0. The third kappa shape index (κ3) is 3.39. The van der Waals surface area contributed by atoms with E-state index in [-0.39, 0.29) is 13.0 Å². The first-order valence-electron chi connectivity index (χ1n) is 4.77. The summed E-state index contributed by atoms with van der Waals surface area (Å²) in [5.41, 5.74) is 4.86. The smallest absolute Gasteiger partial charge is 0.314 e. The first kappa shape index (κ1) is 12.9. The highest BCUT2D eigenvalue weighted by molar-refractivity contribution is 5.46. The highest BCUT2D eigenvalue weighted by atomic mass is 19.1. The zero-order valence-corrected chi connectivity index (χ0v) is 8.80. The van der Waals surface area contributed by atoms with Crippen molar-refractivity contribution in [3.63, 3.8) is 0 Å². The van der Waals surface area contributed by atoms with Gasteiger partial charge in [-0.15, -0.1) is 0 Å². The lowest BCUT2D eigenvalue weighted by Gasteiger charge is -2.08. The summed E-state index contributed by atoms with van der Waals surface area (Å²) in [7, 11) is 0. The van der Waals surface area contributed by atoms with Gasteiger partial charge in [-0.05, 0) is 6.07 Å². The summed E-state index contributed by atoms with van der Waals surface area (Å²) in [4.78, 5) is 9.88. The second-order valence-electron chi connectivity index (χ2n) is 3.22. The van der Waals surface area contributed by atoms with Crippen molar-refractivity contribution in [2.45, 2.75) is 12.5 Å². The third-order valence-electron chi connectivity index (χ3n) is 1.98. The van der Waals surface area contributed by atoms with Crippen LogP contribution in [-0.4, -0.2) is 17.6 Å². The maximum absolute atomic E-state index is 13.3. The Morgan fingerprint density at radius 3 is 2.94 bits per heavy atom. The van der Waals surface area contributed by atoms with Gasteiger partial charge in [0.25, 0.3) is 0 Å². The maximum atomic E-state index is 13.3. The van der Waals surface area contributed by atoms with Crippen molar-refractivity contribution in [3.05, 3.63) is 34.1 Å². The fourth-order valence-electron chi connectivity index (χ4n) is 1.14. The lowest BCUT2D eigenvalue weighted by atomic mass is 10.2. The van der Waals surface area contributed by atoms with Crippen LogP contribution in [0.25, 0.3) is 0 Å². The Kier molecular flexibility index (Phi) is 4.37. The molecule has 0 bridgehead atoms. The molecule has 0 aliphatic rings. The van der Waals surface area contributed by atoms with Crippen molar-refractivity contribution < 1.29 is 14.1 Å². The minimum absolute atomic E-state index is 0.0590. The number of halogens is 1. The van der Waals surface area contributed by atoms with Gasteiger partial charge in [-0.25, -0.2) is 4.39 Å². The van der Waals surface area contributed by atoms with Crippen molar-refractivity contribution in [1.29, 1.82) is 5.26 Å². The van der Waals surface area contributed by atoms with Gasteiger partial charge in [-0.1, -0.05) is 6.07 Å². The molecule has 0 radical (unpaired) electrons. The molecule has 0 aromatic heterocycles. The van der Waals surface area contributed by atoms with Gasteiger partial charge < -0.3 is 10.5 Å². The molecule has 7 heteroatoms. The fourth-order valence-corrected chi connectivity index (χ4v) is 1.14. The number of hydrogen-bond acceptors (Lipinski definition) is 5. The number of nitrogens with zero attached hydrogens (tertiary/aromatic N) is 2. The molecule has 0 spiro atoms. The van der Waals surface area contributed by atoms with E-state index in [4.69, 9.17) is 15.7 Å². The van der Waals surface area contributed by atoms with E-state index in [9.17, 15) is 14.5 Å². The molecule has 90 valence electrons. The molecular formula is C10H10FN3O3. The van der Waals surface area contributed by atoms with Gasteiger partial charge >= 0.3 is 5.69 Å². The van der Waals surface area contributed by atoms with Crippen LogP contribution in [0.2, 0.25) is 0 Å². The predicted molar refractivity (Wildman–Crippen MR) is 56.8 cm³/mol. The number of para-hydroxylation sites is 1. The van der Waals surface area contributed by atoms with Crippen molar-refractivity contribution >= 4 is 5.69 Å². The molecule has 0 saturated carbocycles. The topological polar surface area (TPSA) is 102 Å². The van der Waals surface area contributed by atoms with Crippen LogP contribution in [0.4, 0.5) is 10.1 Å². The Labute approximate surface area is 96.6 Å². The average Bonchev–Trinajstić information content (AvgIpc) is 2.30. The zero-order valence-electron chi connectivity index (χ0n) is 8.80. The van der Waals surface area contributed by atoms with E-state index < -0.39 is 28.2 Å². The fraction of sp³-hybridized carbons (Fsp3) is 0.300. The number of nitro benzene ring substituents is 1. The van der Waals surface area contributed by atoms with Crippen LogP contribution in [0.15, 0.2) is 18.2 Å². The first-order chi connectivity index (χ1) is 8.06. The first-order valence-corrected chi connectivity index (χ1v) is 4.77. The van der Waals surface area contributed by atoms with Gasteiger partial charge in [0.1, 0.15) is 0 Å². The van der Waals surface area contributed by atoms with E-state index in [0.717, 1.165) is 12.1 Å². The number of benzene rings is 1. The van der Waals surface area contributed by atoms with Crippen LogP contribution < -0.4 is 10.5 Å². The maximum Gasteiger partial charge on any atom is 0.314 e. The second-order valence-corrected chi connectivity index (χ2v) is 3.22. The Morgan fingerprint density at radius 2 is 2.35 bits per heavy atom. The van der Waals surface area contributed by atoms with Gasteiger partial charge in [0.2, 0.25) is 5.75 Å². The van der Waals surface area contributed by atoms with Gasteiger partial charge in [0.05, 0.1) is 23.6 Å². The summed E-state index contributed by atoms with van der Waals surface area (Å²) in [6.45, 7) is -0.0590. The quantitative estimate of drug-likeness (QED) is 0.617. The number of nitriles is 1. The number of hydrogen-bond donors (Lipinski definition) is 1. The highest BCUT2D eigenvalue weighted by Crippen LogP contribution is 2.29. The molecule has 0 aliphatic carbocycles. The van der Waals surface area contributed by atoms with Crippen LogP contribution in [0.5, 0.6) is 5.75 Å². The van der Waals surface area contributed by atoms with Crippen LogP contribution in [0.1, 0.15) is 6.42 Å². The van der Waals surface area contributed by atoms with E-state index in [1.54, 1.807) is 6.07 Å². The Morgan fingerprint density at radius 1 is 1.65 bits per heavy atom. The van der Waals surface area contributed by atoms with E-state index in [1.807, 2.05) is 0 Å². The number of ether oxygens (including phenoxy) is 1. The molecule has 2 N–H and O–H groups in total. The Bertz CT molecular complexity index is 459. The Hall–Kier alpha value is -2.20. The largest absolute Gasteiger partial charge is 0.485 e. The molecule has 1 unspecified atom stereocenters. The number of nitrogens with two attached hydrogens (primary N) is 1. The van der Waals surface area contributed by atoms with Crippen molar-refractivity contribution in [3.8, 4) is 11.8 Å². The van der Waals surface area contributed by atoms with Crippen LogP contribution in [-0.2, 0) is 0 Å². The van der Waals surface area contributed by atoms with Gasteiger partial charge in [-0.2, -0.15) is 5.26 Å². The van der Waals surface area contributed by atoms with Crippen LogP contribution in [0.3, 0.4) is 0 Å². The summed E-state index contributed by atoms with van der Waals surface area (Å²) in [6, 6.07) is 4.47. The molecule has 1 atom stereocenters. The van der Waals surface area contributed by atoms with Crippen molar-refractivity contribution in [2.24, 2.45) is 5.73 Å². The minimum atomic E-state index is -0.815. The van der Waals surface area contributed by atoms with E-state index in [1.165, 1.54) is 6.07 Å². The lowest BCUT2D eigenvalue weighted by molar-refractivity contribution is -0.386. The molecule has 0 fully saturated rings. The molecule has 0 aliphatic heterocycles. The zero-order chi connectivity index (χ0) is 12.8. The van der Waals surface area contributed by atoms with E-state index >= 15 is 0 Å². The number of rotatable bonds is 5. The summed E-state index contributed by atoms with van der Waals surface area (Å²) in [6.07, 6.45) is 0.169. The normalized spacial score (nSPS) is 11.6. The summed E-state index contributed by atoms with van der Waals surface area (Å²) >= 11 is 0. The summed E-state index contributed by atoms with van der Waals surface area (Å²) < 4.78 is 18.2. The third-order valence-corrected chi connectivity index (χ3v) is 1.98. The molecule has 17 heavy (non-hydrogen) atoms. The van der Waals surface area contributed by atoms with Crippen molar-refractivity contribution in [1.82, 2.24) is 0 Å². The SMILES string of the molecule is N#CC(N)CCOc1c(F)cccc1[N+](=O)[O-]. The number of nitro groups is 1. The van der Waals surface area contributed by atoms with E-state index in [0.29, 0.717) is 0 Å². The average molecular weight is 239 g/mol. The standard InChI is InChI=1S/C10H10FN3O3/c11-8-2-1-3-9(14(15)16)10(8)17-5-4-7(13)6-12/h1-3,7H,4-5,13H2. The molecule has 0 heterocycles. The monoisotopic (exact) mass is 239 g/mol. The van der Waals surface area contributed by atoms with Crippen LogP contribution in [0, 0.1) is 27.3 Å². The molecule has 0 amide bonds. The molecule has 1 aromatic rings. The van der Waals surface area contributed by atoms with Gasteiger partial charge in [0.15, 0.2) is 5.82 Å². The molecule has 1 aromatic carbocycles. The molecule has 6 nitrogen and oxygen atoms in total.